The van der Waals surface area contributed by atoms with Crippen LogP contribution in [0.4, 0.5) is 0 Å². The summed E-state index contributed by atoms with van der Waals surface area (Å²) in [5.41, 5.74) is 0.0265. The van der Waals surface area contributed by atoms with Crippen LogP contribution in [0.1, 0.15) is 10.8 Å². The standard InChI is InChI=1S/C8H3Cl5O2S/c9-2-1(7(16)8(14)15)3(10)5(12)6(13)4(2)11/h7,16H,(H,14,15). The van der Waals surface area contributed by atoms with Gasteiger partial charge < -0.3 is 5.11 Å². The predicted molar refractivity (Wildman–Crippen MR) is 70.9 cm³/mol. The summed E-state index contributed by atoms with van der Waals surface area (Å²) in [6, 6.07) is 0. The molecule has 0 aromatic heterocycles. The molecule has 0 amide bonds. The zero-order valence-corrected chi connectivity index (χ0v) is 11.9. The Balaban J connectivity index is 3.57. The van der Waals surface area contributed by atoms with E-state index in [4.69, 9.17) is 63.1 Å². The molecule has 1 atom stereocenters. The first-order chi connectivity index (χ1) is 7.29. The van der Waals surface area contributed by atoms with Crippen LogP contribution in [0.15, 0.2) is 0 Å². The Morgan fingerprint density at radius 1 is 0.938 bits per heavy atom. The lowest BCUT2D eigenvalue weighted by atomic mass is 10.1. The van der Waals surface area contributed by atoms with E-state index in [1.807, 2.05) is 0 Å². The summed E-state index contributed by atoms with van der Waals surface area (Å²) in [5.74, 6) is -1.22. The molecule has 0 saturated carbocycles. The van der Waals surface area contributed by atoms with Gasteiger partial charge in [0.25, 0.3) is 0 Å². The second kappa shape index (κ2) is 5.42. The average molecular weight is 340 g/mol. The van der Waals surface area contributed by atoms with E-state index < -0.39 is 11.2 Å². The molecule has 0 aliphatic heterocycles. The molecule has 1 N–H and O–H groups in total. The molecule has 16 heavy (non-hydrogen) atoms. The molecule has 2 nitrogen and oxygen atoms in total. The van der Waals surface area contributed by atoms with E-state index in [1.54, 1.807) is 0 Å². The fraction of sp³-hybridized carbons (Fsp3) is 0.125. The number of hydrogen-bond donors (Lipinski definition) is 2. The van der Waals surface area contributed by atoms with E-state index in [0.29, 0.717) is 0 Å². The van der Waals surface area contributed by atoms with Crippen molar-refractivity contribution in [1.29, 1.82) is 0 Å². The molecule has 0 heterocycles. The van der Waals surface area contributed by atoms with Crippen molar-refractivity contribution in [3.05, 3.63) is 30.7 Å². The lowest BCUT2D eigenvalue weighted by Gasteiger charge is -2.14. The highest BCUT2D eigenvalue weighted by atomic mass is 35.5. The number of carboxylic acids is 1. The van der Waals surface area contributed by atoms with Gasteiger partial charge in [-0.25, -0.2) is 0 Å². The van der Waals surface area contributed by atoms with Crippen LogP contribution in [0.2, 0.25) is 25.1 Å². The Morgan fingerprint density at radius 3 is 1.56 bits per heavy atom. The van der Waals surface area contributed by atoms with Crippen molar-refractivity contribution in [3.63, 3.8) is 0 Å². The Bertz CT molecular complexity index is 433. The molecule has 1 aromatic rings. The highest BCUT2D eigenvalue weighted by Crippen LogP contribution is 2.47. The van der Waals surface area contributed by atoms with Crippen molar-refractivity contribution in [1.82, 2.24) is 0 Å². The lowest BCUT2D eigenvalue weighted by molar-refractivity contribution is -0.136. The van der Waals surface area contributed by atoms with Gasteiger partial charge in [0, 0.05) is 5.56 Å². The molecule has 0 saturated heterocycles. The summed E-state index contributed by atoms with van der Waals surface area (Å²) in [6.07, 6.45) is 0. The molecule has 1 unspecified atom stereocenters. The maximum atomic E-state index is 10.8. The Kier molecular flexibility index (Phi) is 4.93. The quantitative estimate of drug-likeness (QED) is 0.451. The minimum atomic E-state index is -1.23. The van der Waals surface area contributed by atoms with Crippen LogP contribution in [-0.2, 0) is 4.79 Å². The maximum absolute atomic E-state index is 10.8. The van der Waals surface area contributed by atoms with Gasteiger partial charge in [-0.3, -0.25) is 4.79 Å². The van der Waals surface area contributed by atoms with Crippen molar-refractivity contribution in [2.45, 2.75) is 5.25 Å². The number of thiol groups is 1. The number of hydrogen-bond acceptors (Lipinski definition) is 2. The fourth-order valence-electron chi connectivity index (χ4n) is 0.985. The van der Waals surface area contributed by atoms with Crippen LogP contribution < -0.4 is 0 Å². The van der Waals surface area contributed by atoms with Crippen LogP contribution >= 0.6 is 70.6 Å². The monoisotopic (exact) mass is 338 g/mol. The van der Waals surface area contributed by atoms with Crippen LogP contribution in [0.3, 0.4) is 0 Å². The average Bonchev–Trinajstić information content (AvgIpc) is 2.23. The molecule has 0 radical (unpaired) electrons. The number of rotatable bonds is 2. The van der Waals surface area contributed by atoms with Crippen molar-refractivity contribution in [3.8, 4) is 0 Å². The highest BCUT2D eigenvalue weighted by Gasteiger charge is 2.27. The normalized spacial score (nSPS) is 12.6. The third-order valence-corrected chi connectivity index (χ3v) is 4.54. The summed E-state index contributed by atoms with van der Waals surface area (Å²) in [4.78, 5) is 10.8. The summed E-state index contributed by atoms with van der Waals surface area (Å²) in [5, 5.41) is 7.34. The van der Waals surface area contributed by atoms with Crippen LogP contribution in [-0.4, -0.2) is 11.1 Å². The predicted octanol–water partition coefficient (Wildman–Crippen LogP) is 5.01. The molecule has 0 spiro atoms. The van der Waals surface area contributed by atoms with Gasteiger partial charge in [0.1, 0.15) is 5.25 Å². The SMILES string of the molecule is O=C(O)C(S)c1c(Cl)c(Cl)c(Cl)c(Cl)c1Cl. The van der Waals surface area contributed by atoms with Crippen molar-refractivity contribution in [2.75, 3.05) is 0 Å². The van der Waals surface area contributed by atoms with Gasteiger partial charge in [0.15, 0.2) is 0 Å². The van der Waals surface area contributed by atoms with E-state index in [2.05, 4.69) is 12.6 Å². The van der Waals surface area contributed by atoms with Crippen molar-refractivity contribution < 1.29 is 9.90 Å². The van der Waals surface area contributed by atoms with Crippen molar-refractivity contribution in [2.24, 2.45) is 0 Å². The first-order valence-electron chi connectivity index (χ1n) is 3.71. The third kappa shape index (κ3) is 2.50. The van der Waals surface area contributed by atoms with Crippen LogP contribution in [0, 0.1) is 0 Å². The Morgan fingerprint density at radius 2 is 1.25 bits per heavy atom. The van der Waals surface area contributed by atoms with E-state index in [0.717, 1.165) is 0 Å². The van der Waals surface area contributed by atoms with Gasteiger partial charge in [-0.15, -0.1) is 0 Å². The zero-order valence-electron chi connectivity index (χ0n) is 7.27. The molecule has 0 bridgehead atoms. The second-order valence-corrected chi connectivity index (χ2v) is 5.13. The number of carbonyl (C=O) groups is 1. The van der Waals surface area contributed by atoms with Gasteiger partial charge in [0.2, 0.25) is 0 Å². The summed E-state index contributed by atoms with van der Waals surface area (Å²) in [6.45, 7) is 0. The highest BCUT2D eigenvalue weighted by molar-refractivity contribution is 7.81. The van der Waals surface area contributed by atoms with Gasteiger partial charge >= 0.3 is 5.97 Å². The van der Waals surface area contributed by atoms with Gasteiger partial charge in [-0.05, 0) is 0 Å². The largest absolute Gasteiger partial charge is 0.480 e. The summed E-state index contributed by atoms with van der Waals surface area (Å²) in [7, 11) is 0. The topological polar surface area (TPSA) is 37.3 Å². The van der Waals surface area contributed by atoms with Gasteiger partial charge in [0.05, 0.1) is 25.1 Å². The van der Waals surface area contributed by atoms with Gasteiger partial charge in [-0.1, -0.05) is 58.0 Å². The molecular formula is C8H3Cl5O2S. The zero-order chi connectivity index (χ0) is 12.6. The molecule has 88 valence electrons. The molecule has 0 aliphatic rings. The van der Waals surface area contributed by atoms with Crippen LogP contribution in [0.5, 0.6) is 0 Å². The molecule has 0 aliphatic carbocycles. The Labute approximate surface area is 122 Å². The third-order valence-electron chi connectivity index (χ3n) is 1.75. The van der Waals surface area contributed by atoms with E-state index in [9.17, 15) is 4.79 Å². The van der Waals surface area contributed by atoms with Crippen molar-refractivity contribution >= 4 is 76.6 Å². The molecular weight excluding hydrogens is 337 g/mol. The van der Waals surface area contributed by atoms with Gasteiger partial charge in [-0.2, -0.15) is 12.6 Å². The first-order valence-corrected chi connectivity index (χ1v) is 6.11. The second-order valence-electron chi connectivity index (χ2n) is 2.72. The minimum absolute atomic E-state index is 0.0204. The molecule has 1 aromatic carbocycles. The molecule has 0 fully saturated rings. The number of aliphatic carboxylic acids is 1. The number of benzene rings is 1. The van der Waals surface area contributed by atoms with Crippen LogP contribution in [0.25, 0.3) is 0 Å². The van der Waals surface area contributed by atoms with E-state index in [-0.39, 0.29) is 30.7 Å². The number of halogens is 5. The molecule has 8 heteroatoms. The van der Waals surface area contributed by atoms with E-state index in [1.165, 1.54) is 0 Å². The van der Waals surface area contributed by atoms with E-state index >= 15 is 0 Å². The maximum Gasteiger partial charge on any atom is 0.321 e. The minimum Gasteiger partial charge on any atom is -0.480 e. The molecule has 1 rings (SSSR count). The fourth-order valence-corrected chi connectivity index (χ4v) is 2.77. The summed E-state index contributed by atoms with van der Waals surface area (Å²) < 4.78 is 0. The number of carboxylic acid groups (broad SMARTS) is 1. The Hall–Kier alpha value is 0.490. The lowest BCUT2D eigenvalue weighted by Crippen LogP contribution is -2.07. The summed E-state index contributed by atoms with van der Waals surface area (Å²) >= 11 is 32.8. The first kappa shape index (κ1) is 14.6. The smallest absolute Gasteiger partial charge is 0.321 e.